The predicted octanol–water partition coefficient (Wildman–Crippen LogP) is 3.38. The number of hydrogen-bond acceptors (Lipinski definition) is 3. The summed E-state index contributed by atoms with van der Waals surface area (Å²) in [6.45, 7) is 0. The number of benzene rings is 1. The van der Waals surface area contributed by atoms with Crippen LogP contribution in [0.25, 0.3) is 11.4 Å². The summed E-state index contributed by atoms with van der Waals surface area (Å²) in [7, 11) is 0. The second kappa shape index (κ2) is 6.86. The number of aryl methyl sites for hydroxylation is 2. The maximum atomic E-state index is 8.55. The summed E-state index contributed by atoms with van der Waals surface area (Å²) < 4.78 is 0. The van der Waals surface area contributed by atoms with Crippen molar-refractivity contribution in [2.45, 2.75) is 19.3 Å². The lowest BCUT2D eigenvalue weighted by Gasteiger charge is -2.03. The number of halogens is 1. The molecule has 0 aliphatic rings. The molecule has 2 rings (SSSR count). The Kier molecular flexibility index (Phi) is 4.88. The van der Waals surface area contributed by atoms with Crippen molar-refractivity contribution in [2.75, 3.05) is 5.88 Å². The first-order valence-corrected chi connectivity index (χ1v) is 6.70. The van der Waals surface area contributed by atoms with Gasteiger partial charge in [0.1, 0.15) is 0 Å². The highest BCUT2D eigenvalue weighted by Crippen LogP contribution is 2.16. The van der Waals surface area contributed by atoms with Crippen molar-refractivity contribution in [1.29, 1.82) is 5.26 Å². The van der Waals surface area contributed by atoms with Crippen molar-refractivity contribution in [1.82, 2.24) is 9.97 Å². The predicted molar refractivity (Wildman–Crippen MR) is 75.8 cm³/mol. The Morgan fingerprint density at radius 1 is 1.00 bits per heavy atom. The monoisotopic (exact) mass is 271 g/mol. The van der Waals surface area contributed by atoms with Gasteiger partial charge in [-0.25, -0.2) is 9.97 Å². The van der Waals surface area contributed by atoms with Crippen LogP contribution in [0.4, 0.5) is 0 Å². The standard InChI is InChI=1S/C15H14ClN3/c16-8-7-13-10-18-15(19-11-13)14-5-3-12(4-6-14)2-1-9-17/h3-6,10-11H,1-2,7-8H2. The zero-order valence-electron chi connectivity index (χ0n) is 10.5. The molecule has 19 heavy (non-hydrogen) atoms. The SMILES string of the molecule is N#CCCc1ccc(-c2ncc(CCCl)cn2)cc1. The van der Waals surface area contributed by atoms with Gasteiger partial charge in [-0.15, -0.1) is 11.6 Å². The summed E-state index contributed by atoms with van der Waals surface area (Å²) in [6, 6.07) is 10.2. The molecule has 4 heteroatoms. The Morgan fingerprint density at radius 3 is 2.26 bits per heavy atom. The summed E-state index contributed by atoms with van der Waals surface area (Å²) in [4.78, 5) is 8.67. The molecule has 0 unspecified atom stereocenters. The number of alkyl halides is 1. The molecule has 0 radical (unpaired) electrons. The van der Waals surface area contributed by atoms with Gasteiger partial charge < -0.3 is 0 Å². The fraction of sp³-hybridized carbons (Fsp3) is 0.267. The molecule has 2 aromatic rings. The number of nitriles is 1. The van der Waals surface area contributed by atoms with Crippen molar-refractivity contribution < 1.29 is 0 Å². The van der Waals surface area contributed by atoms with Gasteiger partial charge in [-0.1, -0.05) is 24.3 Å². The van der Waals surface area contributed by atoms with Crippen molar-refractivity contribution in [3.63, 3.8) is 0 Å². The van der Waals surface area contributed by atoms with Crippen LogP contribution in [-0.2, 0) is 12.8 Å². The summed E-state index contributed by atoms with van der Waals surface area (Å²) in [6.07, 6.45) is 5.74. The quantitative estimate of drug-likeness (QED) is 0.783. The average molecular weight is 272 g/mol. The molecule has 1 aromatic carbocycles. The van der Waals surface area contributed by atoms with E-state index in [0.717, 1.165) is 29.5 Å². The fourth-order valence-corrected chi connectivity index (χ4v) is 1.98. The number of hydrogen-bond donors (Lipinski definition) is 0. The molecular weight excluding hydrogens is 258 g/mol. The van der Waals surface area contributed by atoms with E-state index >= 15 is 0 Å². The molecule has 0 saturated heterocycles. The third kappa shape index (κ3) is 3.77. The normalized spacial score (nSPS) is 10.1. The van der Waals surface area contributed by atoms with Gasteiger partial charge in [-0.3, -0.25) is 0 Å². The minimum atomic E-state index is 0.545. The van der Waals surface area contributed by atoms with E-state index in [1.807, 2.05) is 36.7 Å². The number of nitrogens with zero attached hydrogens (tertiary/aromatic N) is 3. The Balaban J connectivity index is 2.11. The first-order chi connectivity index (χ1) is 9.33. The van der Waals surface area contributed by atoms with Crippen molar-refractivity contribution in [2.24, 2.45) is 0 Å². The van der Waals surface area contributed by atoms with E-state index in [-0.39, 0.29) is 0 Å². The van der Waals surface area contributed by atoms with Crippen molar-refractivity contribution in [3.8, 4) is 17.5 Å². The molecule has 0 saturated carbocycles. The van der Waals surface area contributed by atoms with Gasteiger partial charge in [-0.2, -0.15) is 5.26 Å². The molecule has 96 valence electrons. The molecule has 1 heterocycles. The van der Waals surface area contributed by atoms with Gasteiger partial charge >= 0.3 is 0 Å². The van der Waals surface area contributed by atoms with E-state index in [1.165, 1.54) is 0 Å². The Labute approximate surface area is 117 Å². The van der Waals surface area contributed by atoms with Crippen LogP contribution in [0, 0.1) is 11.3 Å². The molecule has 0 amide bonds. The first kappa shape index (κ1) is 13.5. The summed E-state index contributed by atoms with van der Waals surface area (Å²) in [5.41, 5.74) is 3.19. The van der Waals surface area contributed by atoms with Crippen LogP contribution in [0.5, 0.6) is 0 Å². The second-order valence-corrected chi connectivity index (χ2v) is 4.59. The highest BCUT2D eigenvalue weighted by molar-refractivity contribution is 6.17. The van der Waals surface area contributed by atoms with E-state index in [1.54, 1.807) is 0 Å². The van der Waals surface area contributed by atoms with E-state index in [4.69, 9.17) is 16.9 Å². The van der Waals surface area contributed by atoms with E-state index in [9.17, 15) is 0 Å². The maximum absolute atomic E-state index is 8.55. The number of rotatable bonds is 5. The van der Waals surface area contributed by atoms with Crippen LogP contribution < -0.4 is 0 Å². The molecule has 1 aromatic heterocycles. The molecule has 0 aliphatic carbocycles. The first-order valence-electron chi connectivity index (χ1n) is 6.16. The highest BCUT2D eigenvalue weighted by Gasteiger charge is 2.02. The van der Waals surface area contributed by atoms with Crippen molar-refractivity contribution >= 4 is 11.6 Å². The van der Waals surface area contributed by atoms with E-state index in [2.05, 4.69) is 16.0 Å². The Morgan fingerprint density at radius 2 is 1.68 bits per heavy atom. The molecule has 0 bridgehead atoms. The van der Waals surface area contributed by atoms with Gasteiger partial charge in [0.2, 0.25) is 0 Å². The summed E-state index contributed by atoms with van der Waals surface area (Å²) >= 11 is 5.67. The van der Waals surface area contributed by atoms with E-state index in [0.29, 0.717) is 18.1 Å². The van der Waals surface area contributed by atoms with Crippen molar-refractivity contribution in [3.05, 3.63) is 47.8 Å². The van der Waals surface area contributed by atoms with Crippen LogP contribution in [-0.4, -0.2) is 15.8 Å². The van der Waals surface area contributed by atoms with Crippen LogP contribution >= 0.6 is 11.6 Å². The lowest BCUT2D eigenvalue weighted by atomic mass is 10.1. The zero-order valence-corrected chi connectivity index (χ0v) is 11.3. The lowest BCUT2D eigenvalue weighted by molar-refractivity contribution is 1.01. The molecule has 0 aliphatic heterocycles. The fourth-order valence-electron chi connectivity index (χ4n) is 1.76. The van der Waals surface area contributed by atoms with Gasteiger partial charge in [-0.05, 0) is 24.0 Å². The zero-order chi connectivity index (χ0) is 13.5. The Bertz CT molecular complexity index is 555. The topological polar surface area (TPSA) is 49.6 Å². The molecule has 0 spiro atoms. The van der Waals surface area contributed by atoms with Gasteiger partial charge in [0.25, 0.3) is 0 Å². The smallest absolute Gasteiger partial charge is 0.159 e. The van der Waals surface area contributed by atoms with Crippen LogP contribution in [0.1, 0.15) is 17.5 Å². The van der Waals surface area contributed by atoms with Crippen LogP contribution in [0.3, 0.4) is 0 Å². The lowest BCUT2D eigenvalue weighted by Crippen LogP contribution is -1.93. The van der Waals surface area contributed by atoms with Gasteiger partial charge in [0.05, 0.1) is 6.07 Å². The molecule has 0 N–H and O–H groups in total. The van der Waals surface area contributed by atoms with Gasteiger partial charge in [0, 0.05) is 30.3 Å². The largest absolute Gasteiger partial charge is 0.236 e. The van der Waals surface area contributed by atoms with Crippen LogP contribution in [0.2, 0.25) is 0 Å². The highest BCUT2D eigenvalue weighted by atomic mass is 35.5. The molecule has 0 fully saturated rings. The maximum Gasteiger partial charge on any atom is 0.159 e. The third-order valence-electron chi connectivity index (χ3n) is 2.83. The number of aromatic nitrogens is 2. The third-order valence-corrected chi connectivity index (χ3v) is 3.02. The van der Waals surface area contributed by atoms with Gasteiger partial charge in [0.15, 0.2) is 5.82 Å². The molecule has 0 atom stereocenters. The van der Waals surface area contributed by atoms with E-state index < -0.39 is 0 Å². The van der Waals surface area contributed by atoms with Crippen LogP contribution in [0.15, 0.2) is 36.7 Å². The minimum absolute atomic E-state index is 0.545. The Hall–Kier alpha value is -1.92. The second-order valence-electron chi connectivity index (χ2n) is 4.21. The molecular formula is C15H14ClN3. The minimum Gasteiger partial charge on any atom is -0.236 e. The summed E-state index contributed by atoms with van der Waals surface area (Å²) in [5.74, 6) is 1.29. The summed E-state index contributed by atoms with van der Waals surface area (Å²) in [5, 5.41) is 8.55. The molecule has 3 nitrogen and oxygen atoms in total. The average Bonchev–Trinajstić information content (AvgIpc) is 2.47.